The lowest BCUT2D eigenvalue weighted by Gasteiger charge is -2.43. The summed E-state index contributed by atoms with van der Waals surface area (Å²) >= 11 is 0. The summed E-state index contributed by atoms with van der Waals surface area (Å²) in [6, 6.07) is 1.31. The second kappa shape index (κ2) is 7.34. The van der Waals surface area contributed by atoms with E-state index in [0.29, 0.717) is 12.1 Å². The fourth-order valence-electron chi connectivity index (χ4n) is 2.72. The molecule has 0 aromatic carbocycles. The van der Waals surface area contributed by atoms with Crippen molar-refractivity contribution in [2.75, 3.05) is 40.3 Å². The monoisotopic (exact) mass is 241 g/mol. The summed E-state index contributed by atoms with van der Waals surface area (Å²) in [5.74, 6) is 0.819. The van der Waals surface area contributed by atoms with E-state index in [1.807, 2.05) is 0 Å². The molecule has 17 heavy (non-hydrogen) atoms. The fraction of sp³-hybridized carbons (Fsp3) is 1.00. The maximum absolute atomic E-state index is 3.70. The van der Waals surface area contributed by atoms with Crippen molar-refractivity contribution in [2.45, 2.75) is 45.7 Å². The molecule has 1 heterocycles. The van der Waals surface area contributed by atoms with Gasteiger partial charge in [-0.25, -0.2) is 0 Å². The van der Waals surface area contributed by atoms with Crippen LogP contribution in [0.2, 0.25) is 0 Å². The Hall–Kier alpha value is -0.120. The zero-order valence-corrected chi connectivity index (χ0v) is 12.4. The van der Waals surface area contributed by atoms with Crippen LogP contribution < -0.4 is 5.32 Å². The molecular formula is C14H31N3. The van der Waals surface area contributed by atoms with Gasteiger partial charge in [-0.15, -0.1) is 0 Å². The van der Waals surface area contributed by atoms with Crippen molar-refractivity contribution < 1.29 is 0 Å². The second-order valence-corrected chi connectivity index (χ2v) is 5.72. The van der Waals surface area contributed by atoms with E-state index in [0.717, 1.165) is 12.5 Å². The third-order valence-corrected chi connectivity index (χ3v) is 4.18. The van der Waals surface area contributed by atoms with Crippen LogP contribution in [0.5, 0.6) is 0 Å². The van der Waals surface area contributed by atoms with Crippen molar-refractivity contribution in [3.05, 3.63) is 0 Å². The van der Waals surface area contributed by atoms with Gasteiger partial charge in [0, 0.05) is 31.7 Å². The van der Waals surface area contributed by atoms with Crippen molar-refractivity contribution >= 4 is 0 Å². The number of nitrogens with one attached hydrogen (secondary N) is 1. The lowest BCUT2D eigenvalue weighted by molar-refractivity contribution is 0.0812. The molecule has 1 N–H and O–H groups in total. The Kier molecular flexibility index (Phi) is 6.45. The first-order valence-corrected chi connectivity index (χ1v) is 7.20. The van der Waals surface area contributed by atoms with E-state index in [9.17, 15) is 0 Å². The second-order valence-electron chi connectivity index (χ2n) is 5.72. The lowest BCUT2D eigenvalue weighted by atomic mass is 9.92. The molecule has 102 valence electrons. The van der Waals surface area contributed by atoms with Gasteiger partial charge >= 0.3 is 0 Å². The molecule has 3 unspecified atom stereocenters. The van der Waals surface area contributed by atoms with Crippen LogP contribution in [-0.4, -0.2) is 62.2 Å². The molecule has 3 heteroatoms. The highest BCUT2D eigenvalue weighted by Gasteiger charge is 2.29. The van der Waals surface area contributed by atoms with Crippen LogP contribution in [0, 0.1) is 5.92 Å². The first kappa shape index (κ1) is 14.9. The topological polar surface area (TPSA) is 18.5 Å². The highest BCUT2D eigenvalue weighted by Crippen LogP contribution is 2.18. The molecule has 1 aliphatic rings. The number of rotatable bonds is 6. The Labute approximate surface area is 108 Å². The molecule has 3 nitrogen and oxygen atoms in total. The van der Waals surface area contributed by atoms with Crippen LogP contribution in [0.4, 0.5) is 0 Å². The minimum atomic E-state index is 0.641. The van der Waals surface area contributed by atoms with Gasteiger partial charge in [0.2, 0.25) is 0 Å². The van der Waals surface area contributed by atoms with Gasteiger partial charge in [0.15, 0.2) is 0 Å². The van der Waals surface area contributed by atoms with Crippen molar-refractivity contribution in [2.24, 2.45) is 5.92 Å². The van der Waals surface area contributed by atoms with Crippen LogP contribution >= 0.6 is 0 Å². The summed E-state index contributed by atoms with van der Waals surface area (Å²) in [5, 5.41) is 3.70. The fourth-order valence-corrected chi connectivity index (χ4v) is 2.72. The number of piperazine rings is 1. The maximum Gasteiger partial charge on any atom is 0.0374 e. The molecule has 0 aliphatic carbocycles. The molecule has 3 atom stereocenters. The number of hydrogen-bond donors (Lipinski definition) is 1. The third kappa shape index (κ3) is 4.57. The average Bonchev–Trinajstić information content (AvgIpc) is 2.31. The molecule has 1 rings (SSSR count). The van der Waals surface area contributed by atoms with E-state index < -0.39 is 0 Å². The van der Waals surface area contributed by atoms with E-state index in [2.05, 4.69) is 50.0 Å². The van der Waals surface area contributed by atoms with Crippen molar-refractivity contribution in [3.63, 3.8) is 0 Å². The summed E-state index contributed by atoms with van der Waals surface area (Å²) < 4.78 is 0. The molecule has 0 aromatic heterocycles. The standard InChI is InChI=1S/C14H31N3/c1-6-12(3)10-13(15-7-2)14-11-16(4)8-9-17(14)5/h12-15H,6-11H2,1-5H3. The van der Waals surface area contributed by atoms with Crippen molar-refractivity contribution in [1.82, 2.24) is 15.1 Å². The molecule has 0 bridgehead atoms. The quantitative estimate of drug-likeness (QED) is 0.763. The third-order valence-electron chi connectivity index (χ3n) is 4.18. The van der Waals surface area contributed by atoms with Crippen LogP contribution in [-0.2, 0) is 0 Å². The Bertz CT molecular complexity index is 208. The molecular weight excluding hydrogens is 210 g/mol. The Morgan fingerprint density at radius 1 is 1.24 bits per heavy atom. The smallest absolute Gasteiger partial charge is 0.0374 e. The minimum Gasteiger partial charge on any atom is -0.313 e. The molecule has 0 saturated carbocycles. The van der Waals surface area contributed by atoms with E-state index in [4.69, 9.17) is 0 Å². The number of hydrogen-bond acceptors (Lipinski definition) is 3. The van der Waals surface area contributed by atoms with Crippen molar-refractivity contribution in [3.8, 4) is 0 Å². The van der Waals surface area contributed by atoms with E-state index in [-0.39, 0.29) is 0 Å². The highest BCUT2D eigenvalue weighted by molar-refractivity contribution is 4.89. The summed E-state index contributed by atoms with van der Waals surface area (Å²) in [6.45, 7) is 11.6. The van der Waals surface area contributed by atoms with Crippen LogP contribution in [0.15, 0.2) is 0 Å². The number of nitrogens with zero attached hydrogens (tertiary/aromatic N) is 2. The van der Waals surface area contributed by atoms with E-state index in [1.54, 1.807) is 0 Å². The Morgan fingerprint density at radius 3 is 2.53 bits per heavy atom. The summed E-state index contributed by atoms with van der Waals surface area (Å²) in [7, 11) is 4.52. The van der Waals surface area contributed by atoms with Crippen LogP contribution in [0.1, 0.15) is 33.6 Å². The molecule has 0 spiro atoms. The molecule has 1 fully saturated rings. The van der Waals surface area contributed by atoms with E-state index >= 15 is 0 Å². The first-order valence-electron chi connectivity index (χ1n) is 7.20. The van der Waals surface area contributed by atoms with Gasteiger partial charge < -0.3 is 10.2 Å². The molecule has 1 aliphatic heterocycles. The molecule has 0 aromatic rings. The van der Waals surface area contributed by atoms with Gasteiger partial charge in [-0.05, 0) is 33.0 Å². The van der Waals surface area contributed by atoms with Gasteiger partial charge in [0.25, 0.3) is 0 Å². The number of likely N-dealkylation sites (N-methyl/N-ethyl adjacent to an activating group) is 3. The Balaban J connectivity index is 2.60. The van der Waals surface area contributed by atoms with E-state index in [1.165, 1.54) is 32.5 Å². The predicted molar refractivity (Wildman–Crippen MR) is 75.5 cm³/mol. The lowest BCUT2D eigenvalue weighted by Crippen LogP contribution is -2.59. The predicted octanol–water partition coefficient (Wildman–Crippen LogP) is 1.65. The average molecular weight is 241 g/mol. The highest BCUT2D eigenvalue weighted by atomic mass is 15.3. The largest absolute Gasteiger partial charge is 0.313 e. The van der Waals surface area contributed by atoms with Gasteiger partial charge in [0.1, 0.15) is 0 Å². The maximum atomic E-state index is 3.70. The minimum absolute atomic E-state index is 0.641. The zero-order valence-electron chi connectivity index (χ0n) is 12.4. The zero-order chi connectivity index (χ0) is 12.8. The molecule has 0 radical (unpaired) electrons. The van der Waals surface area contributed by atoms with Crippen molar-refractivity contribution in [1.29, 1.82) is 0 Å². The SMILES string of the molecule is CCNC(CC(C)CC)C1CN(C)CCN1C. The molecule has 1 saturated heterocycles. The normalized spacial score (nSPS) is 27.0. The summed E-state index contributed by atoms with van der Waals surface area (Å²) in [4.78, 5) is 5.00. The Morgan fingerprint density at radius 2 is 1.94 bits per heavy atom. The van der Waals surface area contributed by atoms with Crippen LogP contribution in [0.3, 0.4) is 0 Å². The van der Waals surface area contributed by atoms with Gasteiger partial charge in [-0.2, -0.15) is 0 Å². The first-order chi connectivity index (χ1) is 8.08. The van der Waals surface area contributed by atoms with Gasteiger partial charge in [0.05, 0.1) is 0 Å². The van der Waals surface area contributed by atoms with Gasteiger partial charge in [-0.3, -0.25) is 4.90 Å². The summed E-state index contributed by atoms with van der Waals surface area (Å²) in [5.41, 5.74) is 0. The van der Waals surface area contributed by atoms with Gasteiger partial charge in [-0.1, -0.05) is 27.2 Å². The summed E-state index contributed by atoms with van der Waals surface area (Å²) in [6.07, 6.45) is 2.58. The van der Waals surface area contributed by atoms with Crippen LogP contribution in [0.25, 0.3) is 0 Å². The molecule has 0 amide bonds.